The second-order valence-electron chi connectivity index (χ2n) is 7.03. The summed E-state index contributed by atoms with van der Waals surface area (Å²) in [4.78, 5) is 31.9. The zero-order valence-corrected chi connectivity index (χ0v) is 17.6. The number of rotatable bonds is 6. The maximum absolute atomic E-state index is 13.0. The van der Waals surface area contributed by atoms with E-state index < -0.39 is 0 Å². The zero-order valence-electron chi connectivity index (χ0n) is 16.0. The van der Waals surface area contributed by atoms with Crippen LogP contribution in [0.2, 0.25) is 0 Å². The summed E-state index contributed by atoms with van der Waals surface area (Å²) in [5.41, 5.74) is 0.991. The predicted octanol–water partition coefficient (Wildman–Crippen LogP) is 3.91. The minimum atomic E-state index is -0.310. The third-order valence-corrected chi connectivity index (χ3v) is 6.22. The van der Waals surface area contributed by atoms with Gasteiger partial charge in [0, 0.05) is 17.5 Å². The van der Waals surface area contributed by atoms with Gasteiger partial charge in [0.15, 0.2) is 5.16 Å². The molecule has 0 saturated carbocycles. The van der Waals surface area contributed by atoms with Crippen LogP contribution in [0.4, 0.5) is 0 Å². The van der Waals surface area contributed by atoms with E-state index in [2.05, 4.69) is 19.2 Å². The van der Waals surface area contributed by atoms with Crippen LogP contribution in [0.1, 0.15) is 51.1 Å². The first-order valence-electron chi connectivity index (χ1n) is 8.60. The molecule has 25 heavy (non-hydrogen) atoms. The largest absolute Gasteiger partial charge is 0.355 e. The van der Waals surface area contributed by atoms with Gasteiger partial charge in [-0.3, -0.25) is 14.2 Å². The molecule has 5 nitrogen and oxygen atoms in total. The Labute approximate surface area is 157 Å². The van der Waals surface area contributed by atoms with Crippen molar-refractivity contribution in [1.82, 2.24) is 14.9 Å². The Bertz CT molecular complexity index is 837. The van der Waals surface area contributed by atoms with Gasteiger partial charge >= 0.3 is 0 Å². The lowest BCUT2D eigenvalue weighted by atomic mass is 10.2. The van der Waals surface area contributed by atoms with E-state index in [9.17, 15) is 9.59 Å². The predicted molar refractivity (Wildman–Crippen MR) is 107 cm³/mol. The first kappa shape index (κ1) is 20.0. The number of aryl methyl sites for hydroxylation is 2. The average molecular weight is 382 g/mol. The minimum Gasteiger partial charge on any atom is -0.355 e. The Morgan fingerprint density at radius 2 is 1.88 bits per heavy atom. The van der Waals surface area contributed by atoms with Crippen LogP contribution in [0.3, 0.4) is 0 Å². The number of nitrogens with one attached hydrogen (secondary N) is 1. The van der Waals surface area contributed by atoms with Crippen LogP contribution in [-0.2, 0) is 4.79 Å². The number of hydrogen-bond donors (Lipinski definition) is 1. The molecule has 2 aromatic rings. The summed E-state index contributed by atoms with van der Waals surface area (Å²) in [6, 6.07) is -0.0163. The fraction of sp³-hybridized carbons (Fsp3) is 0.611. The molecule has 0 radical (unpaired) electrons. The molecule has 138 valence electrons. The van der Waals surface area contributed by atoms with Gasteiger partial charge in [-0.25, -0.2) is 4.98 Å². The van der Waals surface area contributed by atoms with E-state index in [1.807, 2.05) is 34.6 Å². The van der Waals surface area contributed by atoms with Crippen molar-refractivity contribution in [3.8, 4) is 0 Å². The van der Waals surface area contributed by atoms with E-state index in [-0.39, 0.29) is 22.8 Å². The number of thioether (sulfide) groups is 1. The lowest BCUT2D eigenvalue weighted by Crippen LogP contribution is -2.34. The molecule has 2 aromatic heterocycles. The Morgan fingerprint density at radius 3 is 2.44 bits per heavy atom. The van der Waals surface area contributed by atoms with Gasteiger partial charge in [-0.15, -0.1) is 11.3 Å². The van der Waals surface area contributed by atoms with Crippen molar-refractivity contribution in [2.75, 3.05) is 6.54 Å². The maximum atomic E-state index is 13.0. The summed E-state index contributed by atoms with van der Waals surface area (Å²) in [7, 11) is 0. The fourth-order valence-electron chi connectivity index (χ4n) is 2.49. The number of carbonyl (C=O) groups excluding carboxylic acids is 1. The molecule has 0 spiro atoms. The standard InChI is InChI=1S/C18H27N3O2S2/c1-9(2)8-19-15(22)13(7)25-18-20-16-14(11(5)12(6)24-16)17(23)21(18)10(3)4/h9-10,13H,8H2,1-7H3,(H,19,22). The number of fused-ring (bicyclic) bond motifs is 1. The Morgan fingerprint density at radius 1 is 1.24 bits per heavy atom. The van der Waals surface area contributed by atoms with Gasteiger partial charge in [-0.1, -0.05) is 25.6 Å². The number of nitrogens with zero attached hydrogens (tertiary/aromatic N) is 2. The summed E-state index contributed by atoms with van der Waals surface area (Å²) in [6.07, 6.45) is 0. The number of hydrogen-bond acceptors (Lipinski definition) is 5. The number of aromatic nitrogens is 2. The van der Waals surface area contributed by atoms with E-state index in [1.54, 1.807) is 4.57 Å². The summed E-state index contributed by atoms with van der Waals surface area (Å²) in [6.45, 7) is 14.5. The van der Waals surface area contributed by atoms with Crippen LogP contribution in [0.15, 0.2) is 9.95 Å². The fourth-order valence-corrected chi connectivity index (χ4v) is 4.62. The summed E-state index contributed by atoms with van der Waals surface area (Å²) in [5.74, 6) is 0.378. The molecule has 0 aromatic carbocycles. The highest BCUT2D eigenvalue weighted by Gasteiger charge is 2.22. The molecular formula is C18H27N3O2S2. The molecule has 2 rings (SSSR count). The first-order valence-corrected chi connectivity index (χ1v) is 10.3. The Hall–Kier alpha value is -1.34. The molecule has 1 amide bonds. The normalized spacial score (nSPS) is 13.0. The second kappa shape index (κ2) is 7.91. The minimum absolute atomic E-state index is 0.0147. The van der Waals surface area contributed by atoms with Gasteiger partial charge in [-0.2, -0.15) is 0 Å². The van der Waals surface area contributed by atoms with Gasteiger partial charge in [0.05, 0.1) is 10.6 Å². The summed E-state index contributed by atoms with van der Waals surface area (Å²) >= 11 is 2.89. The molecule has 0 aliphatic heterocycles. The van der Waals surface area contributed by atoms with E-state index in [0.29, 0.717) is 23.0 Å². The molecule has 0 fully saturated rings. The summed E-state index contributed by atoms with van der Waals surface area (Å²) < 4.78 is 1.71. The van der Waals surface area contributed by atoms with Gasteiger partial charge in [-0.05, 0) is 46.1 Å². The molecule has 1 atom stereocenters. The highest BCUT2D eigenvalue weighted by molar-refractivity contribution is 8.00. The lowest BCUT2D eigenvalue weighted by Gasteiger charge is -2.18. The van der Waals surface area contributed by atoms with Crippen molar-refractivity contribution in [2.45, 2.75) is 64.9 Å². The van der Waals surface area contributed by atoms with Crippen LogP contribution in [-0.4, -0.2) is 27.3 Å². The third kappa shape index (κ3) is 4.26. The van der Waals surface area contributed by atoms with Crippen molar-refractivity contribution in [3.63, 3.8) is 0 Å². The average Bonchev–Trinajstić information content (AvgIpc) is 2.79. The monoisotopic (exact) mass is 381 g/mol. The van der Waals surface area contributed by atoms with Crippen LogP contribution in [0, 0.1) is 19.8 Å². The van der Waals surface area contributed by atoms with Crippen LogP contribution >= 0.6 is 23.1 Å². The highest BCUT2D eigenvalue weighted by Crippen LogP contribution is 2.30. The molecular weight excluding hydrogens is 354 g/mol. The third-order valence-electron chi connectivity index (χ3n) is 4.06. The quantitative estimate of drug-likeness (QED) is 0.609. The van der Waals surface area contributed by atoms with E-state index >= 15 is 0 Å². The van der Waals surface area contributed by atoms with Crippen molar-refractivity contribution in [2.24, 2.45) is 5.92 Å². The summed E-state index contributed by atoms with van der Waals surface area (Å²) in [5, 5.41) is 3.95. The molecule has 0 bridgehead atoms. The van der Waals surface area contributed by atoms with Crippen molar-refractivity contribution >= 4 is 39.2 Å². The maximum Gasteiger partial charge on any atom is 0.263 e. The van der Waals surface area contributed by atoms with Crippen molar-refractivity contribution < 1.29 is 4.79 Å². The molecule has 0 aliphatic carbocycles. The molecule has 7 heteroatoms. The van der Waals surface area contributed by atoms with Crippen LogP contribution < -0.4 is 10.9 Å². The number of thiophene rings is 1. The Balaban J connectivity index is 2.42. The van der Waals surface area contributed by atoms with Crippen molar-refractivity contribution in [3.05, 3.63) is 20.8 Å². The zero-order chi connectivity index (χ0) is 18.9. The van der Waals surface area contributed by atoms with E-state index in [4.69, 9.17) is 4.98 Å². The molecule has 0 saturated heterocycles. The van der Waals surface area contributed by atoms with Gasteiger partial charge in [0.2, 0.25) is 5.91 Å². The van der Waals surface area contributed by atoms with E-state index in [0.717, 1.165) is 15.3 Å². The smallest absolute Gasteiger partial charge is 0.263 e. The van der Waals surface area contributed by atoms with Crippen LogP contribution in [0.5, 0.6) is 0 Å². The second-order valence-corrected chi connectivity index (χ2v) is 9.54. The molecule has 2 heterocycles. The molecule has 1 unspecified atom stereocenters. The van der Waals surface area contributed by atoms with Crippen LogP contribution in [0.25, 0.3) is 10.2 Å². The SMILES string of the molecule is Cc1sc2nc(SC(C)C(=O)NCC(C)C)n(C(C)C)c(=O)c2c1C. The number of amides is 1. The first-order chi connectivity index (χ1) is 11.6. The molecule has 1 N–H and O–H groups in total. The van der Waals surface area contributed by atoms with Gasteiger partial charge in [0.25, 0.3) is 5.56 Å². The van der Waals surface area contributed by atoms with E-state index in [1.165, 1.54) is 23.1 Å². The topological polar surface area (TPSA) is 64.0 Å². The number of carbonyl (C=O) groups is 1. The highest BCUT2D eigenvalue weighted by atomic mass is 32.2. The molecule has 0 aliphatic rings. The Kier molecular flexibility index (Phi) is 6.32. The van der Waals surface area contributed by atoms with Gasteiger partial charge < -0.3 is 5.32 Å². The lowest BCUT2D eigenvalue weighted by molar-refractivity contribution is -0.120. The van der Waals surface area contributed by atoms with Gasteiger partial charge in [0.1, 0.15) is 4.83 Å². The van der Waals surface area contributed by atoms with Crippen molar-refractivity contribution in [1.29, 1.82) is 0 Å².